The van der Waals surface area contributed by atoms with Crippen molar-refractivity contribution >= 4 is 54.2 Å². The molecule has 1 aliphatic heterocycles. The summed E-state index contributed by atoms with van der Waals surface area (Å²) in [4.78, 5) is 25.6. The lowest BCUT2D eigenvalue weighted by Crippen LogP contribution is -3.14. The first kappa shape index (κ1) is 23.0. The number of hydrogen-bond donors (Lipinski definition) is 3. The van der Waals surface area contributed by atoms with E-state index in [2.05, 4.69) is 21.2 Å². The van der Waals surface area contributed by atoms with Crippen molar-refractivity contribution in [3.05, 3.63) is 22.2 Å². The number of esters is 1. The summed E-state index contributed by atoms with van der Waals surface area (Å²) in [6, 6.07) is 3.60. The standard InChI is InChI=1S/C21H27BrN2O5S/c1-3-28-21(27)17-15-7-8-16(22)18(19(15)30-20(17)23-13(2)25)29-12-14(26)11-24-9-5-4-6-10-24/h7-8,14,26H,3-6,9-12H2,1-2H3,(H,23,25)/p+1. The molecule has 0 spiro atoms. The highest BCUT2D eigenvalue weighted by Gasteiger charge is 2.25. The first-order chi connectivity index (χ1) is 14.4. The van der Waals surface area contributed by atoms with Crippen molar-refractivity contribution in [2.75, 3.05) is 38.2 Å². The molecule has 2 aromatic rings. The van der Waals surface area contributed by atoms with Crippen LogP contribution in [0.2, 0.25) is 0 Å². The average Bonchev–Trinajstić information content (AvgIpc) is 3.05. The number of rotatable bonds is 8. The third kappa shape index (κ3) is 5.51. The van der Waals surface area contributed by atoms with Crippen molar-refractivity contribution in [1.29, 1.82) is 0 Å². The Bertz CT molecular complexity index is 910. The van der Waals surface area contributed by atoms with E-state index in [4.69, 9.17) is 9.47 Å². The number of aliphatic hydroxyl groups excluding tert-OH is 1. The van der Waals surface area contributed by atoms with Gasteiger partial charge >= 0.3 is 5.97 Å². The molecule has 3 N–H and O–H groups in total. The Hall–Kier alpha value is -1.68. The first-order valence-electron chi connectivity index (χ1n) is 10.2. The maximum absolute atomic E-state index is 12.5. The van der Waals surface area contributed by atoms with E-state index in [-0.39, 0.29) is 19.1 Å². The molecule has 9 heteroatoms. The highest BCUT2D eigenvalue weighted by molar-refractivity contribution is 9.10. The number of amides is 1. The van der Waals surface area contributed by atoms with Crippen LogP contribution in [0, 0.1) is 0 Å². The monoisotopic (exact) mass is 499 g/mol. The van der Waals surface area contributed by atoms with Gasteiger partial charge in [-0.25, -0.2) is 4.79 Å². The molecule has 3 rings (SSSR count). The van der Waals surface area contributed by atoms with Crippen LogP contribution in [-0.4, -0.2) is 55.9 Å². The number of fused-ring (bicyclic) bond motifs is 1. The molecular weight excluding hydrogens is 472 g/mol. The lowest BCUT2D eigenvalue weighted by atomic mass is 10.1. The molecule has 1 aromatic carbocycles. The molecule has 1 aliphatic rings. The van der Waals surface area contributed by atoms with Gasteiger partial charge in [0, 0.05) is 12.3 Å². The molecule has 30 heavy (non-hydrogen) atoms. The van der Waals surface area contributed by atoms with E-state index in [0.717, 1.165) is 17.6 Å². The highest BCUT2D eigenvalue weighted by atomic mass is 79.9. The number of halogens is 1. The molecule has 1 unspecified atom stereocenters. The van der Waals surface area contributed by atoms with Gasteiger partial charge in [-0.2, -0.15) is 0 Å². The largest absolute Gasteiger partial charge is 0.488 e. The van der Waals surface area contributed by atoms with Crippen molar-refractivity contribution in [2.45, 2.75) is 39.2 Å². The second kappa shape index (κ2) is 10.6. The summed E-state index contributed by atoms with van der Waals surface area (Å²) in [6.07, 6.45) is 3.08. The smallest absolute Gasteiger partial charge is 0.341 e. The molecular formula is C21H28BrN2O5S+. The summed E-state index contributed by atoms with van der Waals surface area (Å²) >= 11 is 4.77. The van der Waals surface area contributed by atoms with Gasteiger partial charge < -0.3 is 24.8 Å². The molecule has 1 atom stereocenters. The Kier molecular flexibility index (Phi) is 8.10. The number of anilines is 1. The number of thiophene rings is 1. The molecule has 2 heterocycles. The minimum Gasteiger partial charge on any atom is -0.488 e. The second-order valence-corrected chi connectivity index (χ2v) is 9.32. The molecule has 1 saturated heterocycles. The Labute approximate surface area is 188 Å². The SMILES string of the molecule is CCOC(=O)c1c(NC(C)=O)sc2c(OCC(O)C[NH+]3CCCCC3)c(Br)ccc12. The van der Waals surface area contributed by atoms with Gasteiger partial charge in [-0.1, -0.05) is 6.07 Å². The molecule has 164 valence electrons. The number of ether oxygens (including phenoxy) is 2. The number of hydrogen-bond acceptors (Lipinski definition) is 6. The number of nitrogens with one attached hydrogen (secondary N) is 2. The van der Waals surface area contributed by atoms with Gasteiger partial charge in [0.05, 0.1) is 28.9 Å². The first-order valence-corrected chi connectivity index (χ1v) is 11.9. The van der Waals surface area contributed by atoms with E-state index in [1.807, 2.05) is 0 Å². The molecule has 0 bridgehead atoms. The minimum atomic E-state index is -0.584. The van der Waals surface area contributed by atoms with Crippen molar-refractivity contribution in [3.8, 4) is 5.75 Å². The van der Waals surface area contributed by atoms with Crippen molar-refractivity contribution in [2.24, 2.45) is 0 Å². The fourth-order valence-corrected chi connectivity index (χ4v) is 5.54. The molecule has 7 nitrogen and oxygen atoms in total. The summed E-state index contributed by atoms with van der Waals surface area (Å²) in [5.74, 6) is -0.213. The maximum atomic E-state index is 12.5. The van der Waals surface area contributed by atoms with Crippen LogP contribution < -0.4 is 15.0 Å². The van der Waals surface area contributed by atoms with Crippen LogP contribution in [0.15, 0.2) is 16.6 Å². The normalized spacial score (nSPS) is 15.7. The fraction of sp³-hybridized carbons (Fsp3) is 0.524. The number of likely N-dealkylation sites (tertiary alicyclic amines) is 1. The number of piperidine rings is 1. The van der Waals surface area contributed by atoms with Gasteiger partial charge in [-0.15, -0.1) is 11.3 Å². The highest BCUT2D eigenvalue weighted by Crippen LogP contribution is 2.44. The van der Waals surface area contributed by atoms with E-state index < -0.39 is 12.1 Å². The topological polar surface area (TPSA) is 89.3 Å². The molecule has 0 aliphatic carbocycles. The summed E-state index contributed by atoms with van der Waals surface area (Å²) in [7, 11) is 0. The summed E-state index contributed by atoms with van der Waals surface area (Å²) in [5.41, 5.74) is 0.322. The molecule has 1 fully saturated rings. The van der Waals surface area contributed by atoms with Crippen LogP contribution in [0.3, 0.4) is 0 Å². The van der Waals surface area contributed by atoms with Crippen LogP contribution >= 0.6 is 27.3 Å². The number of quaternary nitrogens is 1. The molecule has 0 saturated carbocycles. The van der Waals surface area contributed by atoms with Crippen molar-refractivity contribution in [1.82, 2.24) is 0 Å². The van der Waals surface area contributed by atoms with Gasteiger partial charge in [-0.05, 0) is 48.2 Å². The minimum absolute atomic E-state index is 0.156. The Morgan fingerprint density at radius 1 is 1.30 bits per heavy atom. The zero-order valence-corrected chi connectivity index (χ0v) is 19.7. The third-order valence-corrected chi connectivity index (χ3v) is 6.78. The number of aliphatic hydroxyl groups is 1. The van der Waals surface area contributed by atoms with Crippen LogP contribution in [0.25, 0.3) is 10.1 Å². The van der Waals surface area contributed by atoms with E-state index in [1.54, 1.807) is 19.1 Å². The zero-order valence-electron chi connectivity index (χ0n) is 17.3. The Morgan fingerprint density at radius 2 is 2.03 bits per heavy atom. The van der Waals surface area contributed by atoms with Crippen molar-refractivity contribution < 1.29 is 29.1 Å². The molecule has 1 aromatic heterocycles. The van der Waals surface area contributed by atoms with E-state index in [9.17, 15) is 14.7 Å². The lowest BCUT2D eigenvalue weighted by molar-refractivity contribution is -0.908. The van der Waals surface area contributed by atoms with Crippen LogP contribution in [0.5, 0.6) is 5.75 Å². The van der Waals surface area contributed by atoms with Crippen LogP contribution in [0.1, 0.15) is 43.5 Å². The van der Waals surface area contributed by atoms with E-state index >= 15 is 0 Å². The van der Waals surface area contributed by atoms with Crippen LogP contribution in [-0.2, 0) is 9.53 Å². The quantitative estimate of drug-likeness (QED) is 0.485. The summed E-state index contributed by atoms with van der Waals surface area (Å²) < 4.78 is 12.6. The van der Waals surface area contributed by atoms with Gasteiger partial charge in [0.1, 0.15) is 29.8 Å². The predicted molar refractivity (Wildman–Crippen MR) is 121 cm³/mol. The lowest BCUT2D eigenvalue weighted by Gasteiger charge is -2.25. The van der Waals surface area contributed by atoms with Gasteiger partial charge in [0.2, 0.25) is 5.91 Å². The van der Waals surface area contributed by atoms with Gasteiger partial charge in [0.15, 0.2) is 5.75 Å². The number of benzene rings is 1. The van der Waals surface area contributed by atoms with Crippen LogP contribution in [0.4, 0.5) is 5.00 Å². The van der Waals surface area contributed by atoms with E-state index in [0.29, 0.717) is 32.9 Å². The average molecular weight is 500 g/mol. The zero-order chi connectivity index (χ0) is 21.7. The van der Waals surface area contributed by atoms with E-state index in [1.165, 1.54) is 42.4 Å². The number of carbonyl (C=O) groups is 2. The predicted octanol–water partition coefficient (Wildman–Crippen LogP) is 2.61. The Balaban J connectivity index is 1.85. The van der Waals surface area contributed by atoms with Crippen molar-refractivity contribution in [3.63, 3.8) is 0 Å². The fourth-order valence-electron chi connectivity index (χ4n) is 3.73. The third-order valence-electron chi connectivity index (χ3n) is 5.04. The Morgan fingerprint density at radius 3 is 2.70 bits per heavy atom. The number of carbonyl (C=O) groups excluding carboxylic acids is 2. The summed E-state index contributed by atoms with van der Waals surface area (Å²) in [5, 5.41) is 14.3. The second-order valence-electron chi connectivity index (χ2n) is 7.44. The van der Waals surface area contributed by atoms with Gasteiger partial charge in [0.25, 0.3) is 0 Å². The molecule has 0 radical (unpaired) electrons. The van der Waals surface area contributed by atoms with Gasteiger partial charge in [-0.3, -0.25) is 4.79 Å². The summed E-state index contributed by atoms with van der Waals surface area (Å²) in [6.45, 7) is 6.36. The molecule has 1 amide bonds. The maximum Gasteiger partial charge on any atom is 0.341 e.